The summed E-state index contributed by atoms with van der Waals surface area (Å²) < 4.78 is 16.1. The van der Waals surface area contributed by atoms with Crippen LogP contribution in [-0.4, -0.2) is 32.3 Å². The van der Waals surface area contributed by atoms with Gasteiger partial charge in [-0.05, 0) is 55.0 Å². The van der Waals surface area contributed by atoms with Crippen LogP contribution in [0.4, 0.5) is 16.2 Å². The number of carbonyl (C=O) groups is 1. The highest BCUT2D eigenvalue weighted by atomic mass is 16.6. The monoisotopic (exact) mass is 431 g/mol. The zero-order valence-corrected chi connectivity index (χ0v) is 18.4. The lowest BCUT2D eigenvalue weighted by Gasteiger charge is -2.16. The second kappa shape index (κ2) is 9.01. The Balaban J connectivity index is 1.75. The number of anilines is 2. The first-order valence-corrected chi connectivity index (χ1v) is 10.2. The molecule has 0 spiro atoms. The minimum absolute atomic E-state index is 0.358. The molecule has 1 unspecified atom stereocenters. The van der Waals surface area contributed by atoms with Crippen LogP contribution in [0.1, 0.15) is 18.6 Å². The van der Waals surface area contributed by atoms with Crippen molar-refractivity contribution >= 4 is 39.3 Å². The number of hydrogen-bond donors (Lipinski definition) is 2. The van der Waals surface area contributed by atoms with Gasteiger partial charge in [-0.3, -0.25) is 0 Å². The molecular formula is C25H25N3O4. The van der Waals surface area contributed by atoms with E-state index in [-0.39, 0.29) is 6.10 Å². The molecule has 2 N–H and O–H groups in total. The van der Waals surface area contributed by atoms with Gasteiger partial charge in [0.2, 0.25) is 0 Å². The standard InChI is InChI=1S/C25H25N3O4/c1-15(32-25(29)26-2)16-5-7-17(8-6-16)27-24-20-11-9-19(31-4)14-23(20)28-22-12-10-18(30-3)13-21(22)24/h5-15H,1-4H3,(H,26,29)(H,27,28). The number of ether oxygens (including phenoxy) is 3. The largest absolute Gasteiger partial charge is 0.497 e. The quantitative estimate of drug-likeness (QED) is 0.389. The summed E-state index contributed by atoms with van der Waals surface area (Å²) in [4.78, 5) is 16.3. The minimum Gasteiger partial charge on any atom is -0.497 e. The topological polar surface area (TPSA) is 81.7 Å². The second-order valence-corrected chi connectivity index (χ2v) is 7.30. The van der Waals surface area contributed by atoms with Crippen molar-refractivity contribution in [2.24, 2.45) is 0 Å². The van der Waals surface area contributed by atoms with Crippen LogP contribution in [0.2, 0.25) is 0 Å². The number of methoxy groups -OCH3 is 2. The fraction of sp³-hybridized carbons (Fsp3) is 0.200. The molecule has 32 heavy (non-hydrogen) atoms. The smallest absolute Gasteiger partial charge is 0.407 e. The second-order valence-electron chi connectivity index (χ2n) is 7.30. The molecule has 164 valence electrons. The number of benzene rings is 3. The third-order valence-electron chi connectivity index (χ3n) is 5.33. The SMILES string of the molecule is CNC(=O)OC(C)c1ccc(Nc2c3ccc(OC)cc3nc3ccc(OC)cc23)cc1. The molecule has 0 aliphatic rings. The van der Waals surface area contributed by atoms with E-state index in [1.807, 2.05) is 67.6 Å². The molecule has 3 aromatic carbocycles. The Morgan fingerprint density at radius 2 is 1.56 bits per heavy atom. The van der Waals surface area contributed by atoms with Crippen molar-refractivity contribution in [2.45, 2.75) is 13.0 Å². The number of fused-ring (bicyclic) bond motifs is 2. The van der Waals surface area contributed by atoms with E-state index < -0.39 is 6.09 Å². The van der Waals surface area contributed by atoms with Gasteiger partial charge in [-0.2, -0.15) is 0 Å². The van der Waals surface area contributed by atoms with Gasteiger partial charge in [0.1, 0.15) is 17.6 Å². The summed E-state index contributed by atoms with van der Waals surface area (Å²) in [6, 6.07) is 19.4. The van der Waals surface area contributed by atoms with E-state index in [9.17, 15) is 4.79 Å². The van der Waals surface area contributed by atoms with Crippen LogP contribution in [0.15, 0.2) is 60.7 Å². The first-order valence-electron chi connectivity index (χ1n) is 10.2. The van der Waals surface area contributed by atoms with Crippen molar-refractivity contribution < 1.29 is 19.0 Å². The lowest BCUT2D eigenvalue weighted by molar-refractivity contribution is 0.109. The third-order valence-corrected chi connectivity index (χ3v) is 5.33. The van der Waals surface area contributed by atoms with Crippen molar-refractivity contribution in [3.63, 3.8) is 0 Å². The van der Waals surface area contributed by atoms with Gasteiger partial charge in [0.05, 0.1) is 30.9 Å². The van der Waals surface area contributed by atoms with Crippen LogP contribution in [0.5, 0.6) is 11.5 Å². The highest BCUT2D eigenvalue weighted by molar-refractivity contribution is 6.09. The Labute approximate surface area is 186 Å². The van der Waals surface area contributed by atoms with Crippen molar-refractivity contribution in [1.29, 1.82) is 0 Å². The predicted molar refractivity (Wildman–Crippen MR) is 126 cm³/mol. The van der Waals surface area contributed by atoms with E-state index in [1.165, 1.54) is 7.05 Å². The molecule has 4 rings (SSSR count). The van der Waals surface area contributed by atoms with Crippen LogP contribution < -0.4 is 20.1 Å². The van der Waals surface area contributed by atoms with Crippen molar-refractivity contribution in [3.05, 3.63) is 66.2 Å². The predicted octanol–water partition coefficient (Wildman–Crippen LogP) is 5.57. The molecule has 0 fully saturated rings. The molecule has 0 saturated heterocycles. The number of nitrogens with zero attached hydrogens (tertiary/aromatic N) is 1. The minimum atomic E-state index is -0.459. The fourth-order valence-electron chi connectivity index (χ4n) is 3.56. The summed E-state index contributed by atoms with van der Waals surface area (Å²) in [7, 11) is 4.83. The first kappa shape index (κ1) is 21.2. The highest BCUT2D eigenvalue weighted by Crippen LogP contribution is 2.36. The van der Waals surface area contributed by atoms with Crippen LogP contribution in [0.25, 0.3) is 21.8 Å². The van der Waals surface area contributed by atoms with Gasteiger partial charge in [0, 0.05) is 29.6 Å². The Morgan fingerprint density at radius 3 is 2.25 bits per heavy atom. The number of nitrogens with one attached hydrogen (secondary N) is 2. The summed E-state index contributed by atoms with van der Waals surface area (Å²) in [5.41, 5.74) is 4.39. The van der Waals surface area contributed by atoms with E-state index in [0.29, 0.717) is 0 Å². The molecule has 7 nitrogen and oxygen atoms in total. The van der Waals surface area contributed by atoms with Crippen LogP contribution in [0.3, 0.4) is 0 Å². The molecule has 0 aliphatic carbocycles. The van der Waals surface area contributed by atoms with E-state index in [1.54, 1.807) is 14.2 Å². The molecule has 4 aromatic rings. The van der Waals surface area contributed by atoms with Gasteiger partial charge in [0.15, 0.2) is 0 Å². The zero-order chi connectivity index (χ0) is 22.7. The Bertz CT molecular complexity index is 1270. The third kappa shape index (κ3) is 4.23. The van der Waals surface area contributed by atoms with Crippen LogP contribution in [-0.2, 0) is 4.74 Å². The molecule has 1 atom stereocenters. The maximum Gasteiger partial charge on any atom is 0.407 e. The average molecular weight is 431 g/mol. The fourth-order valence-corrected chi connectivity index (χ4v) is 3.56. The summed E-state index contributed by atoms with van der Waals surface area (Å²) in [5, 5.41) is 7.91. The van der Waals surface area contributed by atoms with Gasteiger partial charge in [-0.1, -0.05) is 12.1 Å². The zero-order valence-electron chi connectivity index (χ0n) is 18.4. The van der Waals surface area contributed by atoms with Gasteiger partial charge in [-0.15, -0.1) is 0 Å². The molecule has 0 aliphatic heterocycles. The average Bonchev–Trinajstić information content (AvgIpc) is 2.83. The number of amides is 1. The molecular weight excluding hydrogens is 406 g/mol. The lowest BCUT2D eigenvalue weighted by Crippen LogP contribution is -2.20. The van der Waals surface area contributed by atoms with Crippen molar-refractivity contribution in [1.82, 2.24) is 10.3 Å². The van der Waals surface area contributed by atoms with Crippen molar-refractivity contribution in [2.75, 3.05) is 26.6 Å². The molecule has 1 aromatic heterocycles. The maximum absolute atomic E-state index is 11.5. The lowest BCUT2D eigenvalue weighted by atomic mass is 10.1. The van der Waals surface area contributed by atoms with Gasteiger partial charge < -0.3 is 24.8 Å². The van der Waals surface area contributed by atoms with E-state index in [0.717, 1.165) is 50.2 Å². The molecule has 1 amide bonds. The van der Waals surface area contributed by atoms with E-state index >= 15 is 0 Å². The van der Waals surface area contributed by atoms with E-state index in [4.69, 9.17) is 19.2 Å². The van der Waals surface area contributed by atoms with Gasteiger partial charge >= 0.3 is 6.09 Å². The van der Waals surface area contributed by atoms with E-state index in [2.05, 4.69) is 10.6 Å². The van der Waals surface area contributed by atoms with Gasteiger partial charge in [0.25, 0.3) is 0 Å². The first-order chi connectivity index (χ1) is 15.5. The van der Waals surface area contributed by atoms with Crippen molar-refractivity contribution in [3.8, 4) is 11.5 Å². The molecule has 7 heteroatoms. The summed E-state index contributed by atoms with van der Waals surface area (Å²) in [5.74, 6) is 1.50. The Kier molecular flexibility index (Phi) is 5.98. The maximum atomic E-state index is 11.5. The number of rotatable bonds is 6. The highest BCUT2D eigenvalue weighted by Gasteiger charge is 2.13. The van der Waals surface area contributed by atoms with Crippen LogP contribution >= 0.6 is 0 Å². The number of aromatic nitrogens is 1. The number of hydrogen-bond acceptors (Lipinski definition) is 6. The molecule has 0 saturated carbocycles. The number of carbonyl (C=O) groups excluding carboxylic acids is 1. The molecule has 0 radical (unpaired) electrons. The normalized spacial score (nSPS) is 11.8. The summed E-state index contributed by atoms with van der Waals surface area (Å²) in [6.45, 7) is 1.83. The summed E-state index contributed by atoms with van der Waals surface area (Å²) >= 11 is 0. The Morgan fingerprint density at radius 1 is 0.875 bits per heavy atom. The number of alkyl carbamates (subject to hydrolysis) is 1. The Hall–Kier alpha value is -4.00. The number of pyridine rings is 1. The molecule has 0 bridgehead atoms. The van der Waals surface area contributed by atoms with Crippen LogP contribution in [0, 0.1) is 0 Å². The summed E-state index contributed by atoms with van der Waals surface area (Å²) in [6.07, 6.45) is -0.817. The van der Waals surface area contributed by atoms with Gasteiger partial charge in [-0.25, -0.2) is 9.78 Å². The molecule has 1 heterocycles.